The summed E-state index contributed by atoms with van der Waals surface area (Å²) in [5, 5.41) is 3.05. The maximum Gasteiger partial charge on any atom is 1.00 e. The third-order valence-corrected chi connectivity index (χ3v) is 2.70. The molecular formula is C11H16ClN2NaO2S. The number of carbonyl (C=O) groups excluding carboxylic acids is 1. The second-order valence-electron chi connectivity index (χ2n) is 4.61. The molecule has 0 aromatic carbocycles. The maximum atomic E-state index is 11.5. The first-order valence-corrected chi connectivity index (χ1v) is 5.87. The molecule has 0 aliphatic carbocycles. The van der Waals surface area contributed by atoms with Crippen LogP contribution in [0.1, 0.15) is 27.9 Å². The van der Waals surface area contributed by atoms with Crippen molar-refractivity contribution in [2.24, 2.45) is 0 Å². The molecule has 0 spiro atoms. The van der Waals surface area contributed by atoms with E-state index < -0.39 is 11.7 Å². The van der Waals surface area contributed by atoms with E-state index in [0.717, 1.165) is 0 Å². The first-order chi connectivity index (χ1) is 7.69. The number of hydrogen-bond donors (Lipinski definition) is 2. The van der Waals surface area contributed by atoms with E-state index in [4.69, 9.17) is 28.6 Å². The monoisotopic (exact) mass is 298 g/mol. The molecule has 18 heavy (non-hydrogen) atoms. The van der Waals surface area contributed by atoms with Crippen molar-refractivity contribution in [3.63, 3.8) is 0 Å². The minimum Gasteiger partial charge on any atom is -1.00 e. The summed E-state index contributed by atoms with van der Waals surface area (Å²) < 4.78 is 5.60. The molecule has 1 heterocycles. The number of aryl methyl sites for hydroxylation is 1. The summed E-state index contributed by atoms with van der Waals surface area (Å²) >= 11 is 11.0. The summed E-state index contributed by atoms with van der Waals surface area (Å²) in [5.41, 5.74) is 0.160. The fraction of sp³-hybridized carbons (Fsp3) is 0.455. The number of rotatable bonds is 1. The van der Waals surface area contributed by atoms with Gasteiger partial charge < -0.3 is 11.1 Å². The largest absolute Gasteiger partial charge is 1.00 e. The quantitative estimate of drug-likeness (QED) is 0.604. The Morgan fingerprint density at radius 1 is 1.56 bits per heavy atom. The molecule has 4 nitrogen and oxygen atoms in total. The van der Waals surface area contributed by atoms with Gasteiger partial charge in [-0.25, -0.2) is 4.79 Å². The van der Waals surface area contributed by atoms with Gasteiger partial charge in [0, 0.05) is 5.69 Å². The Morgan fingerprint density at radius 2 is 2.11 bits per heavy atom. The zero-order valence-corrected chi connectivity index (χ0v) is 14.8. The Hall–Kier alpha value is -0.0700. The topological polar surface area (TPSA) is 54.1 Å². The molecule has 1 amide bonds. The van der Waals surface area contributed by atoms with Crippen LogP contribution in [0.4, 0.5) is 10.6 Å². The van der Waals surface area contributed by atoms with Crippen LogP contribution in [-0.4, -0.2) is 16.7 Å². The van der Waals surface area contributed by atoms with Crippen LogP contribution >= 0.6 is 23.8 Å². The summed E-state index contributed by atoms with van der Waals surface area (Å²) in [6, 6.07) is 1.58. The summed E-state index contributed by atoms with van der Waals surface area (Å²) in [5.74, 6) is 0.464. The molecule has 1 rings (SSSR count). The smallest absolute Gasteiger partial charge is 1.00 e. The van der Waals surface area contributed by atoms with Crippen LogP contribution in [0.5, 0.6) is 0 Å². The van der Waals surface area contributed by atoms with Crippen molar-refractivity contribution < 1.29 is 40.5 Å². The number of halogens is 1. The van der Waals surface area contributed by atoms with Crippen molar-refractivity contribution in [2.45, 2.75) is 33.3 Å². The number of hydrogen-bond acceptors (Lipinski definition) is 3. The van der Waals surface area contributed by atoms with E-state index in [1.165, 1.54) is 0 Å². The van der Waals surface area contributed by atoms with Crippen molar-refractivity contribution in [3.05, 3.63) is 21.3 Å². The zero-order valence-electron chi connectivity index (χ0n) is 12.2. The number of amides is 1. The summed E-state index contributed by atoms with van der Waals surface area (Å²) in [6.45, 7) is 7.16. The number of anilines is 1. The molecular weight excluding hydrogens is 283 g/mol. The molecule has 0 radical (unpaired) electrons. The number of carbonyl (C=O) groups is 1. The van der Waals surface area contributed by atoms with E-state index in [9.17, 15) is 4.79 Å². The number of H-pyrrole nitrogens is 1. The molecule has 7 heteroatoms. The molecule has 2 N–H and O–H groups in total. The van der Waals surface area contributed by atoms with Crippen LogP contribution in [0.15, 0.2) is 6.07 Å². The Kier molecular flexibility index (Phi) is 6.89. The van der Waals surface area contributed by atoms with Gasteiger partial charge >= 0.3 is 35.7 Å². The first kappa shape index (κ1) is 17.9. The minimum atomic E-state index is -0.539. The Balaban J connectivity index is 0. The SMILES string of the molecule is Cc1[nH]c(NC(=O)OC(C)(C)C)cc(=S)c1Cl.[H-].[Na+]. The number of nitrogens with one attached hydrogen (secondary N) is 2. The van der Waals surface area contributed by atoms with E-state index in [-0.39, 0.29) is 31.0 Å². The van der Waals surface area contributed by atoms with Crippen molar-refractivity contribution in [1.29, 1.82) is 0 Å². The molecule has 1 aromatic heterocycles. The van der Waals surface area contributed by atoms with E-state index in [1.54, 1.807) is 33.8 Å². The summed E-state index contributed by atoms with van der Waals surface area (Å²) in [4.78, 5) is 14.4. The molecule has 96 valence electrons. The fourth-order valence-electron chi connectivity index (χ4n) is 1.15. The van der Waals surface area contributed by atoms with Crippen LogP contribution in [0.25, 0.3) is 0 Å². The molecule has 0 saturated carbocycles. The molecule has 0 bridgehead atoms. The van der Waals surface area contributed by atoms with Gasteiger partial charge in [-0.05, 0) is 33.8 Å². The van der Waals surface area contributed by atoms with Gasteiger partial charge in [0.05, 0.1) is 9.53 Å². The maximum absolute atomic E-state index is 11.5. The van der Waals surface area contributed by atoms with Gasteiger partial charge in [-0.3, -0.25) is 5.32 Å². The predicted octanol–water partition coefficient (Wildman–Crippen LogP) is 1.17. The van der Waals surface area contributed by atoms with Gasteiger partial charge in [-0.15, -0.1) is 0 Å². The average molecular weight is 299 g/mol. The number of aromatic amines is 1. The number of aromatic nitrogens is 1. The normalized spacial score (nSPS) is 10.5. The minimum absolute atomic E-state index is 0. The zero-order chi connectivity index (χ0) is 13.2. The van der Waals surface area contributed by atoms with Gasteiger partial charge in [0.2, 0.25) is 0 Å². The van der Waals surface area contributed by atoms with Crippen molar-refractivity contribution in [1.82, 2.24) is 4.98 Å². The predicted molar refractivity (Wildman–Crippen MR) is 72.3 cm³/mol. The van der Waals surface area contributed by atoms with Gasteiger partial charge in [0.1, 0.15) is 11.4 Å². The van der Waals surface area contributed by atoms with Gasteiger partial charge in [-0.2, -0.15) is 0 Å². The Labute approximate surface area is 140 Å². The molecule has 0 fully saturated rings. The van der Waals surface area contributed by atoms with Crippen LogP contribution in [0.2, 0.25) is 5.02 Å². The standard InChI is InChI=1S/C11H15ClN2O2S.Na.H/c1-6-9(12)7(17)5-8(13-6)14-10(15)16-11(2,3)4;;/h5H,1-4H3,(H2,13,14,15,17);;/q;+1;-1. The first-order valence-electron chi connectivity index (χ1n) is 5.08. The van der Waals surface area contributed by atoms with Gasteiger partial charge in [0.15, 0.2) is 0 Å². The van der Waals surface area contributed by atoms with Crippen LogP contribution in [0.3, 0.4) is 0 Å². The number of pyridine rings is 1. The van der Waals surface area contributed by atoms with Crippen molar-refractivity contribution >= 4 is 35.7 Å². The average Bonchev–Trinajstić information content (AvgIpc) is 2.10. The molecule has 0 saturated heterocycles. The van der Waals surface area contributed by atoms with E-state index in [0.29, 0.717) is 21.0 Å². The van der Waals surface area contributed by atoms with Crippen molar-refractivity contribution in [3.8, 4) is 0 Å². The second kappa shape index (κ2) is 6.91. The van der Waals surface area contributed by atoms with E-state index in [2.05, 4.69) is 10.3 Å². The molecule has 0 aliphatic rings. The molecule has 0 aliphatic heterocycles. The summed E-state index contributed by atoms with van der Waals surface area (Å²) in [7, 11) is 0. The Bertz CT molecular complexity index is 502. The molecule has 1 aromatic rings. The second-order valence-corrected chi connectivity index (χ2v) is 5.43. The van der Waals surface area contributed by atoms with Crippen molar-refractivity contribution in [2.75, 3.05) is 5.32 Å². The van der Waals surface area contributed by atoms with E-state index >= 15 is 0 Å². The van der Waals surface area contributed by atoms with Gasteiger partial charge in [-0.1, -0.05) is 23.8 Å². The van der Waals surface area contributed by atoms with E-state index in [1.807, 2.05) is 0 Å². The van der Waals surface area contributed by atoms with Gasteiger partial charge in [0.25, 0.3) is 0 Å². The van der Waals surface area contributed by atoms with Crippen LogP contribution < -0.4 is 34.9 Å². The molecule has 0 unspecified atom stereocenters. The summed E-state index contributed by atoms with van der Waals surface area (Å²) in [6.07, 6.45) is -0.537. The van der Waals surface area contributed by atoms with Crippen LogP contribution in [0, 0.1) is 11.4 Å². The third kappa shape index (κ3) is 5.71. The fourth-order valence-corrected chi connectivity index (χ4v) is 1.53. The molecule has 0 atom stereocenters. The number of ether oxygens (including phenoxy) is 1. The third-order valence-electron chi connectivity index (χ3n) is 1.78. The Morgan fingerprint density at radius 3 is 2.56 bits per heavy atom. The van der Waals surface area contributed by atoms with Crippen LogP contribution in [-0.2, 0) is 4.74 Å².